The van der Waals surface area contributed by atoms with Crippen LogP contribution in [0.5, 0.6) is 5.75 Å². The molecule has 27 heavy (non-hydrogen) atoms. The second-order valence-corrected chi connectivity index (χ2v) is 6.44. The molecule has 1 aliphatic heterocycles. The molecule has 0 amide bonds. The molecule has 0 saturated heterocycles. The van der Waals surface area contributed by atoms with Gasteiger partial charge in [-0.1, -0.05) is 59.4 Å². The molecule has 0 radical (unpaired) electrons. The van der Waals surface area contributed by atoms with Gasteiger partial charge in [-0.05, 0) is 24.6 Å². The van der Waals surface area contributed by atoms with Gasteiger partial charge in [0.1, 0.15) is 18.1 Å². The van der Waals surface area contributed by atoms with E-state index in [1.54, 1.807) is 6.08 Å². The number of fused-ring (bicyclic) bond motifs is 3. The van der Waals surface area contributed by atoms with Crippen LogP contribution in [0.3, 0.4) is 0 Å². The number of benzene rings is 2. The van der Waals surface area contributed by atoms with Gasteiger partial charge in [0.2, 0.25) is 0 Å². The standard InChI is InChI=1S/C22H16N2O3/c1-3-14-9-10-16-18(11-14)25-12-17-20(16)24-27-22(17)19-13(2)21(26-23-19)15-7-5-4-6-8-15/h3-11H,1,12H2,2H3. The summed E-state index contributed by atoms with van der Waals surface area (Å²) in [5.74, 6) is 2.09. The highest BCUT2D eigenvalue weighted by Crippen LogP contribution is 2.42. The highest BCUT2D eigenvalue weighted by molar-refractivity contribution is 5.80. The summed E-state index contributed by atoms with van der Waals surface area (Å²) in [6, 6.07) is 15.8. The van der Waals surface area contributed by atoms with Crippen LogP contribution in [0.2, 0.25) is 0 Å². The van der Waals surface area contributed by atoms with Crippen molar-refractivity contribution >= 4 is 6.08 Å². The van der Waals surface area contributed by atoms with Gasteiger partial charge in [-0.2, -0.15) is 0 Å². The molecule has 5 rings (SSSR count). The number of nitrogens with zero attached hydrogens (tertiary/aromatic N) is 2. The molecule has 0 N–H and O–H groups in total. The van der Waals surface area contributed by atoms with Gasteiger partial charge in [-0.15, -0.1) is 0 Å². The van der Waals surface area contributed by atoms with E-state index in [-0.39, 0.29) is 0 Å². The molecule has 5 heteroatoms. The van der Waals surface area contributed by atoms with Crippen molar-refractivity contribution < 1.29 is 13.8 Å². The van der Waals surface area contributed by atoms with Gasteiger partial charge < -0.3 is 13.8 Å². The van der Waals surface area contributed by atoms with Crippen molar-refractivity contribution in [2.75, 3.05) is 0 Å². The van der Waals surface area contributed by atoms with Crippen molar-refractivity contribution in [3.8, 4) is 39.8 Å². The highest BCUT2D eigenvalue weighted by atomic mass is 16.5. The van der Waals surface area contributed by atoms with Gasteiger partial charge in [-0.25, -0.2) is 0 Å². The summed E-state index contributed by atoms with van der Waals surface area (Å²) >= 11 is 0. The van der Waals surface area contributed by atoms with E-state index in [4.69, 9.17) is 13.8 Å². The molecule has 0 atom stereocenters. The minimum absolute atomic E-state index is 0.370. The Balaban J connectivity index is 1.61. The molecule has 2 aromatic heterocycles. The highest BCUT2D eigenvalue weighted by Gasteiger charge is 2.29. The van der Waals surface area contributed by atoms with Crippen LogP contribution in [0.1, 0.15) is 16.7 Å². The molecule has 1 aliphatic rings. The molecular formula is C22H16N2O3. The Morgan fingerprint density at radius 2 is 1.74 bits per heavy atom. The molecule has 5 nitrogen and oxygen atoms in total. The predicted molar refractivity (Wildman–Crippen MR) is 102 cm³/mol. The monoisotopic (exact) mass is 356 g/mol. The van der Waals surface area contributed by atoms with Crippen LogP contribution in [-0.4, -0.2) is 10.3 Å². The Hall–Kier alpha value is -3.60. The van der Waals surface area contributed by atoms with Crippen molar-refractivity contribution in [2.24, 2.45) is 0 Å². The van der Waals surface area contributed by atoms with Crippen molar-refractivity contribution in [1.29, 1.82) is 0 Å². The zero-order valence-corrected chi connectivity index (χ0v) is 14.7. The fraction of sp³-hybridized carbons (Fsp3) is 0.0909. The first-order valence-corrected chi connectivity index (χ1v) is 8.66. The summed E-state index contributed by atoms with van der Waals surface area (Å²) in [5.41, 5.74) is 6.10. The number of aromatic nitrogens is 2. The number of rotatable bonds is 3. The van der Waals surface area contributed by atoms with Gasteiger partial charge in [0.05, 0.1) is 5.56 Å². The summed E-state index contributed by atoms with van der Waals surface area (Å²) in [6.07, 6.45) is 1.79. The van der Waals surface area contributed by atoms with Crippen LogP contribution in [0.4, 0.5) is 0 Å². The molecule has 0 bridgehead atoms. The normalized spacial score (nSPS) is 12.2. The van der Waals surface area contributed by atoms with E-state index in [9.17, 15) is 0 Å². The van der Waals surface area contributed by atoms with Gasteiger partial charge in [0.15, 0.2) is 17.2 Å². The maximum absolute atomic E-state index is 5.94. The first-order chi connectivity index (χ1) is 13.3. The second kappa shape index (κ2) is 5.99. The van der Waals surface area contributed by atoms with Crippen LogP contribution < -0.4 is 4.74 Å². The quantitative estimate of drug-likeness (QED) is 0.484. The van der Waals surface area contributed by atoms with Crippen molar-refractivity contribution in [3.05, 3.63) is 71.8 Å². The first kappa shape index (κ1) is 15.6. The van der Waals surface area contributed by atoms with E-state index in [1.165, 1.54) is 0 Å². The number of hydrogen-bond acceptors (Lipinski definition) is 5. The molecule has 0 aliphatic carbocycles. The lowest BCUT2D eigenvalue weighted by Gasteiger charge is -2.16. The third-order valence-electron chi connectivity index (χ3n) is 4.83. The number of ether oxygens (including phenoxy) is 1. The summed E-state index contributed by atoms with van der Waals surface area (Å²) in [7, 11) is 0. The SMILES string of the molecule is C=Cc1ccc2c(c1)OCc1c-2noc1-c1noc(-c2ccccc2)c1C. The lowest BCUT2D eigenvalue weighted by molar-refractivity contribution is 0.302. The van der Waals surface area contributed by atoms with Crippen molar-refractivity contribution in [2.45, 2.75) is 13.5 Å². The summed E-state index contributed by atoms with van der Waals surface area (Å²) in [6.45, 7) is 6.14. The summed E-state index contributed by atoms with van der Waals surface area (Å²) in [4.78, 5) is 0. The van der Waals surface area contributed by atoms with E-state index < -0.39 is 0 Å². The lowest BCUT2D eigenvalue weighted by atomic mass is 9.99. The smallest absolute Gasteiger partial charge is 0.196 e. The maximum atomic E-state index is 5.94. The van der Waals surface area contributed by atoms with Gasteiger partial charge >= 0.3 is 0 Å². The van der Waals surface area contributed by atoms with E-state index in [2.05, 4.69) is 16.9 Å². The molecule has 0 fully saturated rings. The van der Waals surface area contributed by atoms with E-state index in [0.717, 1.165) is 45.0 Å². The Bertz CT molecular complexity index is 1160. The predicted octanol–water partition coefficient (Wildman–Crippen LogP) is 5.51. The minimum atomic E-state index is 0.370. The van der Waals surface area contributed by atoms with Crippen LogP contribution in [0, 0.1) is 6.92 Å². The molecule has 0 unspecified atom stereocenters. The average molecular weight is 356 g/mol. The van der Waals surface area contributed by atoms with Crippen LogP contribution >= 0.6 is 0 Å². The Kier molecular flexibility index (Phi) is 3.47. The molecule has 3 heterocycles. The lowest BCUT2D eigenvalue weighted by Crippen LogP contribution is -2.05. The molecule has 4 aromatic rings. The van der Waals surface area contributed by atoms with Gasteiger partial charge in [0.25, 0.3) is 0 Å². The Morgan fingerprint density at radius 3 is 2.56 bits per heavy atom. The molecule has 0 spiro atoms. The van der Waals surface area contributed by atoms with Crippen LogP contribution in [-0.2, 0) is 6.61 Å². The van der Waals surface area contributed by atoms with Crippen molar-refractivity contribution in [1.82, 2.24) is 10.3 Å². The Labute approximate surface area is 155 Å². The average Bonchev–Trinajstić information content (AvgIpc) is 3.31. The third-order valence-corrected chi connectivity index (χ3v) is 4.83. The largest absolute Gasteiger partial charge is 0.488 e. The fourth-order valence-corrected chi connectivity index (χ4v) is 3.38. The topological polar surface area (TPSA) is 61.3 Å². The van der Waals surface area contributed by atoms with Crippen LogP contribution in [0.25, 0.3) is 40.1 Å². The molecule has 0 saturated carbocycles. The zero-order chi connectivity index (χ0) is 18.4. The fourth-order valence-electron chi connectivity index (χ4n) is 3.38. The molecular weight excluding hydrogens is 340 g/mol. The summed E-state index contributed by atoms with van der Waals surface area (Å²) in [5, 5.41) is 8.54. The Morgan fingerprint density at radius 1 is 0.963 bits per heavy atom. The van der Waals surface area contributed by atoms with Gasteiger partial charge in [-0.3, -0.25) is 0 Å². The molecule has 2 aromatic carbocycles. The maximum Gasteiger partial charge on any atom is 0.196 e. The second-order valence-electron chi connectivity index (χ2n) is 6.44. The van der Waals surface area contributed by atoms with Crippen LogP contribution in [0.15, 0.2) is 64.2 Å². The van der Waals surface area contributed by atoms with E-state index >= 15 is 0 Å². The van der Waals surface area contributed by atoms with Crippen molar-refractivity contribution in [3.63, 3.8) is 0 Å². The zero-order valence-electron chi connectivity index (χ0n) is 14.7. The molecule has 132 valence electrons. The van der Waals surface area contributed by atoms with Gasteiger partial charge in [0, 0.05) is 16.7 Å². The third kappa shape index (κ3) is 2.39. The van der Waals surface area contributed by atoms with E-state index in [1.807, 2.05) is 55.5 Å². The minimum Gasteiger partial charge on any atom is -0.488 e. The van der Waals surface area contributed by atoms with E-state index in [0.29, 0.717) is 18.1 Å². The first-order valence-electron chi connectivity index (χ1n) is 8.66. The summed E-state index contributed by atoms with van der Waals surface area (Å²) < 4.78 is 17.2. The number of hydrogen-bond donors (Lipinski definition) is 0.